The third-order valence-electron chi connectivity index (χ3n) is 6.32. The molecule has 1 saturated heterocycles. The number of carbonyl (C=O) groups excluding carboxylic acids is 1. The average molecular weight is 383 g/mol. The Morgan fingerprint density at radius 1 is 1.18 bits per heavy atom. The van der Waals surface area contributed by atoms with Crippen LogP contribution >= 0.6 is 0 Å². The summed E-state index contributed by atoms with van der Waals surface area (Å²) >= 11 is 0. The Bertz CT molecular complexity index is 893. The van der Waals surface area contributed by atoms with E-state index in [-0.39, 0.29) is 17.6 Å². The maximum Gasteiger partial charge on any atom is 0.332 e. The summed E-state index contributed by atoms with van der Waals surface area (Å²) < 4.78 is 8.45. The van der Waals surface area contributed by atoms with E-state index in [0.717, 1.165) is 44.6 Å². The van der Waals surface area contributed by atoms with Gasteiger partial charge in [0.1, 0.15) is 0 Å². The molecule has 28 heavy (non-hydrogen) atoms. The van der Waals surface area contributed by atoms with Crippen molar-refractivity contribution in [2.75, 3.05) is 20.2 Å². The molecule has 1 fully saturated rings. The molecule has 0 spiro atoms. The second-order valence-electron chi connectivity index (χ2n) is 8.04. The highest BCUT2D eigenvalue weighted by Gasteiger charge is 2.25. The minimum Gasteiger partial charge on any atom is -0.469 e. The number of esters is 1. The van der Waals surface area contributed by atoms with Gasteiger partial charge >= 0.3 is 11.7 Å². The maximum absolute atomic E-state index is 12.8. The third kappa shape index (κ3) is 3.92. The lowest BCUT2D eigenvalue weighted by molar-refractivity contribution is -0.145. The molecule has 150 valence electrons. The first kappa shape index (κ1) is 19.0. The summed E-state index contributed by atoms with van der Waals surface area (Å²) in [4.78, 5) is 24.7. The minimum atomic E-state index is -0.128. The van der Waals surface area contributed by atoms with Crippen LogP contribution < -0.4 is 11.0 Å². The van der Waals surface area contributed by atoms with Gasteiger partial charge in [0.25, 0.3) is 0 Å². The first-order valence-electron chi connectivity index (χ1n) is 10.3. The Hall–Kier alpha value is -2.34. The zero-order valence-electron chi connectivity index (χ0n) is 16.5. The highest BCUT2D eigenvalue weighted by molar-refractivity contribution is 5.73. The Labute approximate surface area is 165 Å². The molecule has 6 nitrogen and oxygen atoms in total. The van der Waals surface area contributed by atoms with Crippen LogP contribution in [0.5, 0.6) is 0 Å². The van der Waals surface area contributed by atoms with E-state index in [4.69, 9.17) is 4.74 Å². The van der Waals surface area contributed by atoms with E-state index in [9.17, 15) is 9.59 Å². The number of nitrogens with zero attached hydrogens (tertiary/aromatic N) is 2. The second kappa shape index (κ2) is 8.35. The molecule has 4 rings (SSSR count). The van der Waals surface area contributed by atoms with Crippen LogP contribution in [0.4, 0.5) is 0 Å². The number of ether oxygens (including phenoxy) is 1. The number of carbonyl (C=O) groups is 1. The monoisotopic (exact) mass is 383 g/mol. The lowest BCUT2D eigenvalue weighted by atomic mass is 9.84. The summed E-state index contributed by atoms with van der Waals surface area (Å²) in [6.45, 7) is 2.96. The molecule has 2 aliphatic rings. The number of nitrogens with one attached hydrogen (secondary N) is 1. The van der Waals surface area contributed by atoms with Crippen LogP contribution in [-0.2, 0) is 28.9 Å². The number of hydrogen-bond donors (Lipinski definition) is 1. The van der Waals surface area contributed by atoms with E-state index < -0.39 is 0 Å². The molecule has 1 aromatic carbocycles. The lowest BCUT2D eigenvalue weighted by Crippen LogP contribution is -2.29. The van der Waals surface area contributed by atoms with Crippen LogP contribution in [0.1, 0.15) is 36.8 Å². The van der Waals surface area contributed by atoms with E-state index in [1.165, 1.54) is 31.1 Å². The van der Waals surface area contributed by atoms with Gasteiger partial charge in [-0.15, -0.1) is 0 Å². The summed E-state index contributed by atoms with van der Waals surface area (Å²) in [5.74, 6) is 0.530. The van der Waals surface area contributed by atoms with Gasteiger partial charge in [-0.2, -0.15) is 0 Å². The first-order valence-corrected chi connectivity index (χ1v) is 10.3. The molecule has 1 aromatic heterocycles. The van der Waals surface area contributed by atoms with Gasteiger partial charge in [0, 0.05) is 18.9 Å². The summed E-state index contributed by atoms with van der Waals surface area (Å²) in [5, 5.41) is 3.39. The average Bonchev–Trinajstić information content (AvgIpc) is 3.12. The number of piperidine rings is 1. The van der Waals surface area contributed by atoms with Crippen LogP contribution in [0.25, 0.3) is 5.69 Å². The predicted molar refractivity (Wildman–Crippen MR) is 108 cm³/mol. The fourth-order valence-corrected chi connectivity index (χ4v) is 4.53. The van der Waals surface area contributed by atoms with Crippen LogP contribution in [0.15, 0.2) is 35.4 Å². The maximum atomic E-state index is 12.8. The van der Waals surface area contributed by atoms with Crippen molar-refractivity contribution in [2.45, 2.75) is 45.1 Å². The van der Waals surface area contributed by atoms with Gasteiger partial charge in [-0.1, -0.05) is 6.07 Å². The molecule has 1 aliphatic heterocycles. The Morgan fingerprint density at radius 2 is 2.00 bits per heavy atom. The number of aromatic nitrogens is 2. The van der Waals surface area contributed by atoms with E-state index in [1.807, 2.05) is 23.0 Å². The largest absolute Gasteiger partial charge is 0.469 e. The Kier molecular flexibility index (Phi) is 5.67. The van der Waals surface area contributed by atoms with E-state index in [0.29, 0.717) is 12.3 Å². The van der Waals surface area contributed by atoms with Gasteiger partial charge in [-0.3, -0.25) is 13.9 Å². The number of aryl methyl sites for hydroxylation is 2. The SMILES string of the molecule is COC(=O)C1CCc2cc(-n3ccn(CCC4CCNCC4)c3=O)ccc2C1. The van der Waals surface area contributed by atoms with Crippen LogP contribution in [0, 0.1) is 11.8 Å². The molecule has 0 amide bonds. The molecule has 2 aromatic rings. The van der Waals surface area contributed by atoms with E-state index in [2.05, 4.69) is 17.4 Å². The molecule has 6 heteroatoms. The molecule has 2 heterocycles. The van der Waals surface area contributed by atoms with Crippen molar-refractivity contribution < 1.29 is 9.53 Å². The van der Waals surface area contributed by atoms with Crippen molar-refractivity contribution in [1.29, 1.82) is 0 Å². The van der Waals surface area contributed by atoms with Gasteiger partial charge in [0.2, 0.25) is 0 Å². The fraction of sp³-hybridized carbons (Fsp3) is 0.545. The van der Waals surface area contributed by atoms with Crippen molar-refractivity contribution in [3.8, 4) is 5.69 Å². The molecule has 0 radical (unpaired) electrons. The van der Waals surface area contributed by atoms with Crippen molar-refractivity contribution in [3.63, 3.8) is 0 Å². The Balaban J connectivity index is 1.47. The topological polar surface area (TPSA) is 65.3 Å². The van der Waals surface area contributed by atoms with Crippen LogP contribution in [0.3, 0.4) is 0 Å². The molecule has 1 unspecified atom stereocenters. The van der Waals surface area contributed by atoms with E-state index in [1.54, 1.807) is 4.57 Å². The van der Waals surface area contributed by atoms with Gasteiger partial charge < -0.3 is 10.1 Å². The van der Waals surface area contributed by atoms with Crippen molar-refractivity contribution in [1.82, 2.24) is 14.5 Å². The van der Waals surface area contributed by atoms with Crippen LogP contribution in [-0.4, -0.2) is 35.3 Å². The molecular weight excluding hydrogens is 354 g/mol. The summed E-state index contributed by atoms with van der Waals surface area (Å²) in [5.41, 5.74) is 3.34. The van der Waals surface area contributed by atoms with Gasteiger partial charge in [0.15, 0.2) is 0 Å². The number of rotatable bonds is 5. The molecule has 1 atom stereocenters. The normalized spacial score (nSPS) is 20.0. The van der Waals surface area contributed by atoms with Crippen LogP contribution in [0.2, 0.25) is 0 Å². The smallest absolute Gasteiger partial charge is 0.332 e. The highest BCUT2D eigenvalue weighted by Crippen LogP contribution is 2.28. The standard InChI is InChI=1S/C22H29N3O3/c1-28-21(26)19-3-2-18-15-20(5-4-17(18)14-19)25-13-12-24(22(25)27)11-8-16-6-9-23-10-7-16/h4-5,12-13,15-16,19,23H,2-3,6-11,14H2,1H3. The number of benzene rings is 1. The molecule has 1 N–H and O–H groups in total. The second-order valence-corrected chi connectivity index (χ2v) is 8.04. The number of imidazole rings is 1. The van der Waals surface area contributed by atoms with Crippen molar-refractivity contribution in [2.24, 2.45) is 11.8 Å². The zero-order chi connectivity index (χ0) is 19.5. The van der Waals surface area contributed by atoms with Gasteiger partial charge in [-0.05, 0) is 80.8 Å². The van der Waals surface area contributed by atoms with E-state index >= 15 is 0 Å². The summed E-state index contributed by atoms with van der Waals surface area (Å²) in [6, 6.07) is 6.14. The number of fused-ring (bicyclic) bond motifs is 1. The lowest BCUT2D eigenvalue weighted by Gasteiger charge is -2.23. The molecule has 0 saturated carbocycles. The molecule has 1 aliphatic carbocycles. The quantitative estimate of drug-likeness (QED) is 0.805. The predicted octanol–water partition coefficient (Wildman–Crippen LogP) is 2.31. The molecular formula is C22H29N3O3. The third-order valence-corrected chi connectivity index (χ3v) is 6.32. The van der Waals surface area contributed by atoms with Crippen molar-refractivity contribution in [3.05, 3.63) is 52.2 Å². The fourth-order valence-electron chi connectivity index (χ4n) is 4.53. The van der Waals surface area contributed by atoms with Gasteiger partial charge in [-0.25, -0.2) is 4.79 Å². The zero-order valence-corrected chi connectivity index (χ0v) is 16.5. The Morgan fingerprint density at radius 3 is 2.79 bits per heavy atom. The minimum absolute atomic E-state index is 0.0251. The molecule has 0 bridgehead atoms. The first-order chi connectivity index (χ1) is 13.7. The summed E-state index contributed by atoms with van der Waals surface area (Å²) in [6.07, 6.45) is 9.59. The van der Waals surface area contributed by atoms with Crippen molar-refractivity contribution >= 4 is 5.97 Å². The van der Waals surface area contributed by atoms with Gasteiger partial charge in [0.05, 0.1) is 18.7 Å². The number of methoxy groups -OCH3 is 1. The highest BCUT2D eigenvalue weighted by atomic mass is 16.5. The number of hydrogen-bond acceptors (Lipinski definition) is 4. The summed E-state index contributed by atoms with van der Waals surface area (Å²) in [7, 11) is 1.45.